The van der Waals surface area contributed by atoms with E-state index in [2.05, 4.69) is 16.4 Å². The van der Waals surface area contributed by atoms with Crippen molar-refractivity contribution in [1.82, 2.24) is 10.3 Å². The van der Waals surface area contributed by atoms with Gasteiger partial charge < -0.3 is 9.73 Å². The molecule has 1 amide bonds. The lowest BCUT2D eigenvalue weighted by Crippen LogP contribution is -2.22. The molecular formula is C22H19FN2O2S. The summed E-state index contributed by atoms with van der Waals surface area (Å²) in [7, 11) is 0. The molecule has 0 unspecified atom stereocenters. The quantitative estimate of drug-likeness (QED) is 0.461. The maximum atomic E-state index is 13.0. The summed E-state index contributed by atoms with van der Waals surface area (Å²) in [6.45, 7) is 0.334. The molecule has 1 N–H and O–H groups in total. The Bertz CT molecular complexity index is 1050. The molecule has 0 aliphatic carbocycles. The standard InChI is InChI=1S/C22H19FN2O2S/c23-16-10-8-15(9-11-16)19-13-12-17(27-19)14-24-21(26)6-3-7-22-25-18-4-1-2-5-20(18)28-22/h1-2,4-5,8-13H,3,6-7,14H2,(H,24,26). The number of amides is 1. The van der Waals surface area contributed by atoms with Gasteiger partial charge in [0.1, 0.15) is 17.3 Å². The first-order valence-electron chi connectivity index (χ1n) is 9.13. The van der Waals surface area contributed by atoms with Crippen molar-refractivity contribution in [3.8, 4) is 11.3 Å². The molecule has 2 aromatic heterocycles. The van der Waals surface area contributed by atoms with Crippen LogP contribution in [0.15, 0.2) is 65.1 Å². The average molecular weight is 394 g/mol. The van der Waals surface area contributed by atoms with Gasteiger partial charge in [-0.1, -0.05) is 12.1 Å². The van der Waals surface area contributed by atoms with Gasteiger partial charge in [-0.05, 0) is 61.4 Å². The van der Waals surface area contributed by atoms with Gasteiger partial charge in [-0.25, -0.2) is 9.37 Å². The number of aromatic nitrogens is 1. The highest BCUT2D eigenvalue weighted by molar-refractivity contribution is 7.18. The molecule has 0 spiro atoms. The molecule has 0 aliphatic rings. The summed E-state index contributed by atoms with van der Waals surface area (Å²) in [5.74, 6) is 1.02. The second kappa shape index (κ2) is 8.35. The normalized spacial score (nSPS) is 11.0. The third-order valence-corrected chi connectivity index (χ3v) is 5.48. The monoisotopic (exact) mass is 394 g/mol. The number of rotatable bonds is 7. The topological polar surface area (TPSA) is 55.1 Å². The molecule has 28 heavy (non-hydrogen) atoms. The van der Waals surface area contributed by atoms with E-state index in [0.717, 1.165) is 28.9 Å². The number of halogens is 1. The SMILES string of the molecule is O=C(CCCc1nc2ccccc2s1)NCc1ccc(-c2ccc(F)cc2)o1. The Kier molecular flexibility index (Phi) is 5.48. The lowest BCUT2D eigenvalue weighted by molar-refractivity contribution is -0.121. The van der Waals surface area contributed by atoms with Crippen LogP contribution in [0.1, 0.15) is 23.6 Å². The zero-order chi connectivity index (χ0) is 19.3. The Morgan fingerprint density at radius 1 is 1.07 bits per heavy atom. The van der Waals surface area contributed by atoms with Crippen molar-refractivity contribution in [2.75, 3.05) is 0 Å². The van der Waals surface area contributed by atoms with Gasteiger partial charge in [-0.15, -0.1) is 11.3 Å². The molecular weight excluding hydrogens is 375 g/mol. The minimum absolute atomic E-state index is 0.0131. The minimum Gasteiger partial charge on any atom is -0.459 e. The number of carbonyl (C=O) groups excluding carboxylic acids is 1. The second-order valence-corrected chi connectivity index (χ2v) is 7.59. The van der Waals surface area contributed by atoms with Gasteiger partial charge in [-0.3, -0.25) is 4.79 Å². The van der Waals surface area contributed by atoms with Crippen LogP contribution in [0.5, 0.6) is 0 Å². The Balaban J connectivity index is 1.24. The van der Waals surface area contributed by atoms with Gasteiger partial charge in [0.05, 0.1) is 21.8 Å². The zero-order valence-electron chi connectivity index (χ0n) is 15.2. The molecule has 0 fully saturated rings. The number of hydrogen-bond acceptors (Lipinski definition) is 4. The molecule has 6 heteroatoms. The number of carbonyl (C=O) groups is 1. The molecule has 0 atom stereocenters. The number of furan rings is 1. The summed E-state index contributed by atoms with van der Waals surface area (Å²) in [5.41, 5.74) is 1.82. The van der Waals surface area contributed by atoms with Crippen molar-refractivity contribution in [2.45, 2.75) is 25.8 Å². The molecule has 2 aromatic carbocycles. The van der Waals surface area contributed by atoms with E-state index in [-0.39, 0.29) is 11.7 Å². The minimum atomic E-state index is -0.284. The van der Waals surface area contributed by atoms with Crippen molar-refractivity contribution in [3.63, 3.8) is 0 Å². The summed E-state index contributed by atoms with van der Waals surface area (Å²) >= 11 is 1.68. The highest BCUT2D eigenvalue weighted by Crippen LogP contribution is 2.23. The van der Waals surface area contributed by atoms with Crippen LogP contribution >= 0.6 is 11.3 Å². The fourth-order valence-electron chi connectivity index (χ4n) is 2.94. The Hall–Kier alpha value is -2.99. The number of thiazole rings is 1. The van der Waals surface area contributed by atoms with Crippen molar-refractivity contribution in [3.05, 3.63) is 77.2 Å². The van der Waals surface area contributed by atoms with E-state index < -0.39 is 0 Å². The molecule has 0 saturated heterocycles. The van der Waals surface area contributed by atoms with Gasteiger partial charge in [0.25, 0.3) is 0 Å². The molecule has 0 aliphatic heterocycles. The molecule has 0 bridgehead atoms. The van der Waals surface area contributed by atoms with Gasteiger partial charge in [0.15, 0.2) is 0 Å². The predicted octanol–water partition coefficient (Wildman–Crippen LogP) is 5.33. The molecule has 142 valence electrons. The lowest BCUT2D eigenvalue weighted by atomic mass is 10.2. The molecule has 4 rings (SSSR count). The van der Waals surface area contributed by atoms with Crippen molar-refractivity contribution in [1.29, 1.82) is 0 Å². The smallest absolute Gasteiger partial charge is 0.220 e. The van der Waals surface area contributed by atoms with Crippen LogP contribution < -0.4 is 5.32 Å². The van der Waals surface area contributed by atoms with Crippen molar-refractivity contribution in [2.24, 2.45) is 0 Å². The summed E-state index contributed by atoms with van der Waals surface area (Å²) < 4.78 is 19.9. The summed E-state index contributed by atoms with van der Waals surface area (Å²) in [4.78, 5) is 16.7. The Labute approximate surface area is 166 Å². The number of nitrogens with zero attached hydrogens (tertiary/aromatic N) is 1. The highest BCUT2D eigenvalue weighted by Gasteiger charge is 2.08. The first-order chi connectivity index (χ1) is 13.7. The van der Waals surface area contributed by atoms with E-state index >= 15 is 0 Å². The van der Waals surface area contributed by atoms with Crippen LogP contribution in [0, 0.1) is 5.82 Å². The maximum absolute atomic E-state index is 13.0. The second-order valence-electron chi connectivity index (χ2n) is 6.48. The van der Waals surface area contributed by atoms with Gasteiger partial charge >= 0.3 is 0 Å². The van der Waals surface area contributed by atoms with E-state index in [1.54, 1.807) is 23.5 Å². The molecule has 0 saturated carbocycles. The molecule has 2 heterocycles. The van der Waals surface area contributed by atoms with Crippen molar-refractivity contribution < 1.29 is 13.6 Å². The van der Waals surface area contributed by atoms with Crippen LogP contribution in [0.25, 0.3) is 21.5 Å². The maximum Gasteiger partial charge on any atom is 0.220 e. The first kappa shape index (κ1) is 18.4. The van der Waals surface area contributed by atoms with E-state index in [1.807, 2.05) is 30.3 Å². The Morgan fingerprint density at radius 2 is 1.89 bits per heavy atom. The molecule has 0 radical (unpaired) electrons. The van der Waals surface area contributed by atoms with Crippen molar-refractivity contribution >= 4 is 27.5 Å². The van der Waals surface area contributed by atoms with Gasteiger partial charge in [-0.2, -0.15) is 0 Å². The summed E-state index contributed by atoms with van der Waals surface area (Å²) in [6, 6.07) is 17.8. The average Bonchev–Trinajstić information content (AvgIpc) is 3.33. The summed E-state index contributed by atoms with van der Waals surface area (Å²) in [6.07, 6.45) is 1.99. The van der Waals surface area contributed by atoms with Crippen LogP contribution in [0.3, 0.4) is 0 Å². The largest absolute Gasteiger partial charge is 0.459 e. The number of benzene rings is 2. The molecule has 4 aromatic rings. The van der Waals surface area contributed by atoms with Crippen LogP contribution in [-0.2, 0) is 17.8 Å². The number of para-hydroxylation sites is 1. The van der Waals surface area contributed by atoms with E-state index in [4.69, 9.17) is 4.42 Å². The third kappa shape index (κ3) is 4.46. The number of nitrogens with one attached hydrogen (secondary N) is 1. The number of fused-ring (bicyclic) bond motifs is 1. The zero-order valence-corrected chi connectivity index (χ0v) is 16.0. The highest BCUT2D eigenvalue weighted by atomic mass is 32.1. The van der Waals surface area contributed by atoms with Gasteiger partial charge in [0, 0.05) is 12.0 Å². The number of hydrogen-bond donors (Lipinski definition) is 1. The van der Waals surface area contributed by atoms with Crippen LogP contribution in [0.2, 0.25) is 0 Å². The fourth-order valence-corrected chi connectivity index (χ4v) is 3.95. The fraction of sp³-hybridized carbons (Fsp3) is 0.182. The van der Waals surface area contributed by atoms with E-state index in [1.165, 1.54) is 16.8 Å². The van der Waals surface area contributed by atoms with E-state index in [0.29, 0.717) is 24.5 Å². The first-order valence-corrected chi connectivity index (χ1v) is 9.95. The molecule has 4 nitrogen and oxygen atoms in total. The summed E-state index contributed by atoms with van der Waals surface area (Å²) in [5, 5.41) is 3.94. The third-order valence-electron chi connectivity index (χ3n) is 4.38. The Morgan fingerprint density at radius 3 is 2.71 bits per heavy atom. The van der Waals surface area contributed by atoms with Crippen LogP contribution in [-0.4, -0.2) is 10.9 Å². The number of aryl methyl sites for hydroxylation is 1. The lowest BCUT2D eigenvalue weighted by Gasteiger charge is -2.03. The van der Waals surface area contributed by atoms with Crippen LogP contribution in [0.4, 0.5) is 4.39 Å². The van der Waals surface area contributed by atoms with Gasteiger partial charge in [0.2, 0.25) is 5.91 Å². The predicted molar refractivity (Wildman–Crippen MR) is 109 cm³/mol. The van der Waals surface area contributed by atoms with E-state index in [9.17, 15) is 9.18 Å².